The molecule has 2 aromatic carbocycles. The predicted octanol–water partition coefficient (Wildman–Crippen LogP) is 3.51. The second-order valence-corrected chi connectivity index (χ2v) is 6.86. The third kappa shape index (κ3) is 4.74. The van der Waals surface area contributed by atoms with Crippen LogP contribution in [0.1, 0.15) is 18.4 Å². The Morgan fingerprint density at radius 3 is 2.39 bits per heavy atom. The summed E-state index contributed by atoms with van der Waals surface area (Å²) < 4.78 is 24.5. The molecule has 1 saturated heterocycles. The van der Waals surface area contributed by atoms with Gasteiger partial charge in [0.05, 0.1) is 19.9 Å². The fraction of sp³-hybridized carbons (Fsp3) is 0.409. The number of para-hydroxylation sites is 1. The van der Waals surface area contributed by atoms with Crippen molar-refractivity contribution in [1.29, 1.82) is 0 Å². The van der Waals surface area contributed by atoms with Crippen LogP contribution >= 0.6 is 0 Å². The molecule has 0 spiro atoms. The highest BCUT2D eigenvalue weighted by Crippen LogP contribution is 2.28. The minimum absolute atomic E-state index is 0.161. The lowest BCUT2D eigenvalue weighted by molar-refractivity contribution is -0.131. The van der Waals surface area contributed by atoms with Gasteiger partial charge in [0.15, 0.2) is 11.5 Å². The Hall–Kier alpha value is -2.76. The zero-order valence-corrected chi connectivity index (χ0v) is 16.5. The van der Waals surface area contributed by atoms with Crippen molar-refractivity contribution in [2.75, 3.05) is 45.3 Å². The van der Waals surface area contributed by atoms with E-state index in [9.17, 15) is 9.18 Å². The van der Waals surface area contributed by atoms with Crippen molar-refractivity contribution in [1.82, 2.24) is 4.90 Å². The molecule has 1 heterocycles. The molecule has 0 atom stereocenters. The van der Waals surface area contributed by atoms with Crippen LogP contribution in [0.4, 0.5) is 10.1 Å². The van der Waals surface area contributed by atoms with E-state index in [0.717, 1.165) is 18.4 Å². The van der Waals surface area contributed by atoms with Gasteiger partial charge in [0.2, 0.25) is 5.91 Å². The van der Waals surface area contributed by atoms with Crippen molar-refractivity contribution in [2.24, 2.45) is 0 Å². The molecule has 1 aliphatic heterocycles. The number of halogens is 1. The molecule has 0 aromatic heterocycles. The summed E-state index contributed by atoms with van der Waals surface area (Å²) in [6, 6.07) is 12.6. The van der Waals surface area contributed by atoms with Gasteiger partial charge in [0, 0.05) is 32.6 Å². The molecule has 1 aliphatic rings. The van der Waals surface area contributed by atoms with E-state index in [1.165, 1.54) is 6.07 Å². The Bertz CT molecular complexity index is 804. The summed E-state index contributed by atoms with van der Waals surface area (Å²) >= 11 is 0. The molecule has 150 valence electrons. The Morgan fingerprint density at radius 2 is 1.71 bits per heavy atom. The van der Waals surface area contributed by atoms with Crippen molar-refractivity contribution in [3.63, 3.8) is 0 Å². The maximum Gasteiger partial charge on any atom is 0.222 e. The van der Waals surface area contributed by atoms with Crippen LogP contribution in [0.5, 0.6) is 11.5 Å². The lowest BCUT2D eigenvalue weighted by Gasteiger charge is -2.36. The normalized spacial score (nSPS) is 14.1. The molecule has 28 heavy (non-hydrogen) atoms. The van der Waals surface area contributed by atoms with E-state index >= 15 is 0 Å². The van der Waals surface area contributed by atoms with E-state index in [0.29, 0.717) is 49.8 Å². The number of ether oxygens (including phenoxy) is 2. The molecular formula is C22H27FN2O3. The molecule has 0 saturated carbocycles. The van der Waals surface area contributed by atoms with E-state index in [1.807, 2.05) is 34.1 Å². The number of methoxy groups -OCH3 is 2. The van der Waals surface area contributed by atoms with Gasteiger partial charge in [0.25, 0.3) is 0 Å². The highest BCUT2D eigenvalue weighted by atomic mass is 19.1. The number of aryl methyl sites for hydroxylation is 1. The lowest BCUT2D eigenvalue weighted by Crippen LogP contribution is -2.49. The number of anilines is 1. The summed E-state index contributed by atoms with van der Waals surface area (Å²) in [5.41, 5.74) is 1.73. The second kappa shape index (κ2) is 9.44. The van der Waals surface area contributed by atoms with Gasteiger partial charge in [-0.05, 0) is 42.7 Å². The monoisotopic (exact) mass is 386 g/mol. The number of amides is 1. The molecule has 0 radical (unpaired) electrons. The second-order valence-electron chi connectivity index (χ2n) is 6.86. The van der Waals surface area contributed by atoms with Gasteiger partial charge in [-0.3, -0.25) is 4.79 Å². The first-order valence-electron chi connectivity index (χ1n) is 9.60. The molecule has 1 amide bonds. The average Bonchev–Trinajstić information content (AvgIpc) is 2.74. The summed E-state index contributed by atoms with van der Waals surface area (Å²) in [5.74, 6) is 1.36. The molecule has 2 aromatic rings. The minimum Gasteiger partial charge on any atom is -0.493 e. The zero-order valence-electron chi connectivity index (χ0n) is 16.5. The van der Waals surface area contributed by atoms with Crippen molar-refractivity contribution in [3.05, 3.63) is 53.8 Å². The lowest BCUT2D eigenvalue weighted by atomic mass is 10.1. The number of nitrogens with zero attached hydrogens (tertiary/aromatic N) is 2. The zero-order chi connectivity index (χ0) is 19.9. The van der Waals surface area contributed by atoms with Gasteiger partial charge in [-0.2, -0.15) is 0 Å². The number of carbonyl (C=O) groups excluding carboxylic acids is 1. The van der Waals surface area contributed by atoms with E-state index in [4.69, 9.17) is 9.47 Å². The van der Waals surface area contributed by atoms with Gasteiger partial charge in [0.1, 0.15) is 5.82 Å². The fourth-order valence-electron chi connectivity index (χ4n) is 3.54. The van der Waals surface area contributed by atoms with Crippen LogP contribution in [0.25, 0.3) is 0 Å². The summed E-state index contributed by atoms with van der Waals surface area (Å²) in [4.78, 5) is 16.4. The first kappa shape index (κ1) is 20.0. The van der Waals surface area contributed by atoms with Crippen LogP contribution < -0.4 is 14.4 Å². The quantitative estimate of drug-likeness (QED) is 0.730. The van der Waals surface area contributed by atoms with Gasteiger partial charge in [-0.15, -0.1) is 0 Å². The average molecular weight is 386 g/mol. The Kier molecular flexibility index (Phi) is 6.74. The van der Waals surface area contributed by atoms with Crippen LogP contribution in [-0.4, -0.2) is 51.2 Å². The molecule has 0 aliphatic carbocycles. The number of hydrogen-bond donors (Lipinski definition) is 0. The minimum atomic E-state index is -0.211. The first-order chi connectivity index (χ1) is 13.6. The highest BCUT2D eigenvalue weighted by Gasteiger charge is 2.22. The predicted molar refractivity (Wildman–Crippen MR) is 108 cm³/mol. The summed E-state index contributed by atoms with van der Waals surface area (Å²) in [5, 5.41) is 0. The topological polar surface area (TPSA) is 42.0 Å². The van der Waals surface area contributed by atoms with Crippen molar-refractivity contribution >= 4 is 11.6 Å². The fourth-order valence-corrected chi connectivity index (χ4v) is 3.54. The number of piperazine rings is 1. The summed E-state index contributed by atoms with van der Waals surface area (Å²) in [6.07, 6.45) is 2.09. The van der Waals surface area contributed by atoms with Gasteiger partial charge in [-0.1, -0.05) is 18.2 Å². The van der Waals surface area contributed by atoms with Gasteiger partial charge < -0.3 is 19.3 Å². The molecule has 3 rings (SSSR count). The summed E-state index contributed by atoms with van der Waals surface area (Å²) in [7, 11) is 3.23. The van der Waals surface area contributed by atoms with Crippen LogP contribution in [-0.2, 0) is 11.2 Å². The molecular weight excluding hydrogens is 359 g/mol. The third-order valence-corrected chi connectivity index (χ3v) is 5.13. The SMILES string of the molecule is COc1ccc(CCCC(=O)N2CCN(c3ccccc3F)CC2)cc1OC. The van der Waals surface area contributed by atoms with E-state index < -0.39 is 0 Å². The molecule has 0 bridgehead atoms. The smallest absolute Gasteiger partial charge is 0.222 e. The molecule has 6 heteroatoms. The number of carbonyl (C=O) groups is 1. The standard InChI is InChI=1S/C22H27FN2O3/c1-27-20-11-10-17(16-21(20)28-2)6-5-9-22(26)25-14-12-24(13-15-25)19-8-4-3-7-18(19)23/h3-4,7-8,10-11,16H,5-6,9,12-15H2,1-2H3. The maximum absolute atomic E-state index is 13.9. The van der Waals surface area contributed by atoms with Crippen LogP contribution in [0.3, 0.4) is 0 Å². The van der Waals surface area contributed by atoms with E-state index in [-0.39, 0.29) is 11.7 Å². The number of benzene rings is 2. The number of rotatable bonds is 7. The van der Waals surface area contributed by atoms with E-state index in [2.05, 4.69) is 0 Å². The first-order valence-corrected chi connectivity index (χ1v) is 9.60. The largest absolute Gasteiger partial charge is 0.493 e. The Labute approximate surface area is 165 Å². The maximum atomic E-state index is 13.9. The molecule has 1 fully saturated rings. The third-order valence-electron chi connectivity index (χ3n) is 5.13. The number of hydrogen-bond acceptors (Lipinski definition) is 4. The van der Waals surface area contributed by atoms with Crippen LogP contribution in [0.15, 0.2) is 42.5 Å². The van der Waals surface area contributed by atoms with E-state index in [1.54, 1.807) is 26.4 Å². The van der Waals surface area contributed by atoms with Crippen LogP contribution in [0.2, 0.25) is 0 Å². The molecule has 0 unspecified atom stereocenters. The Morgan fingerprint density at radius 1 is 1.00 bits per heavy atom. The van der Waals surface area contributed by atoms with Gasteiger partial charge >= 0.3 is 0 Å². The van der Waals surface area contributed by atoms with Crippen molar-refractivity contribution in [2.45, 2.75) is 19.3 Å². The molecule has 5 nitrogen and oxygen atoms in total. The van der Waals surface area contributed by atoms with Crippen molar-refractivity contribution < 1.29 is 18.7 Å². The Balaban J connectivity index is 1.46. The van der Waals surface area contributed by atoms with Crippen LogP contribution in [0, 0.1) is 5.82 Å². The highest BCUT2D eigenvalue weighted by molar-refractivity contribution is 5.76. The molecule has 0 N–H and O–H groups in total. The summed E-state index contributed by atoms with van der Waals surface area (Å²) in [6.45, 7) is 2.57. The van der Waals surface area contributed by atoms with Crippen molar-refractivity contribution in [3.8, 4) is 11.5 Å². The van der Waals surface area contributed by atoms with Gasteiger partial charge in [-0.25, -0.2) is 4.39 Å².